The Hall–Kier alpha value is -3.28. The van der Waals surface area contributed by atoms with Gasteiger partial charge in [0.05, 0.1) is 36.2 Å². The van der Waals surface area contributed by atoms with Crippen molar-refractivity contribution in [1.29, 1.82) is 0 Å². The zero-order valence-electron chi connectivity index (χ0n) is 13.2. The van der Waals surface area contributed by atoms with Crippen molar-refractivity contribution >= 4 is 21.8 Å². The summed E-state index contributed by atoms with van der Waals surface area (Å²) < 4.78 is 12.3. The largest absolute Gasteiger partial charge is 0.496 e. The van der Waals surface area contributed by atoms with Crippen LogP contribution in [0.3, 0.4) is 0 Å². The van der Waals surface area contributed by atoms with Crippen LogP contribution in [0.15, 0.2) is 53.5 Å². The summed E-state index contributed by atoms with van der Waals surface area (Å²) in [6.07, 6.45) is 1.57. The fraction of sp³-hybridized carbons (Fsp3) is 0.111. The van der Waals surface area contributed by atoms with E-state index < -0.39 is 0 Å². The van der Waals surface area contributed by atoms with Gasteiger partial charge in [0.15, 0.2) is 0 Å². The standard InChI is InChI=1S/C18H15N3O3/c1-23-13-8-9-14(24-2)17-15(13)16-12(10-19-17)18(22)21(20-16)11-6-4-3-5-7-11/h3-10,20H,1-2H3. The van der Waals surface area contributed by atoms with E-state index in [2.05, 4.69) is 10.1 Å². The van der Waals surface area contributed by atoms with Crippen LogP contribution in [0.5, 0.6) is 11.5 Å². The van der Waals surface area contributed by atoms with Gasteiger partial charge in [-0.25, -0.2) is 4.68 Å². The van der Waals surface area contributed by atoms with Gasteiger partial charge in [0, 0.05) is 6.20 Å². The van der Waals surface area contributed by atoms with Crippen molar-refractivity contribution in [3.05, 3.63) is 59.0 Å². The second kappa shape index (κ2) is 5.42. The molecule has 6 heteroatoms. The number of aromatic amines is 1. The minimum atomic E-state index is -0.157. The topological polar surface area (TPSA) is 69.1 Å². The van der Waals surface area contributed by atoms with Crippen molar-refractivity contribution in [3.8, 4) is 17.2 Å². The number of pyridine rings is 1. The van der Waals surface area contributed by atoms with Gasteiger partial charge in [-0.1, -0.05) is 18.2 Å². The van der Waals surface area contributed by atoms with Crippen molar-refractivity contribution in [1.82, 2.24) is 14.8 Å². The van der Waals surface area contributed by atoms with Crippen LogP contribution in [0.1, 0.15) is 0 Å². The summed E-state index contributed by atoms with van der Waals surface area (Å²) >= 11 is 0. The van der Waals surface area contributed by atoms with Crippen molar-refractivity contribution < 1.29 is 9.47 Å². The molecule has 2 aromatic heterocycles. The fourth-order valence-electron chi connectivity index (χ4n) is 2.91. The smallest absolute Gasteiger partial charge is 0.280 e. The molecule has 0 aliphatic rings. The molecule has 0 amide bonds. The number of methoxy groups -OCH3 is 2. The third-order valence-corrected chi connectivity index (χ3v) is 4.06. The molecule has 1 N–H and O–H groups in total. The van der Waals surface area contributed by atoms with E-state index in [1.54, 1.807) is 32.5 Å². The predicted molar refractivity (Wildman–Crippen MR) is 92.3 cm³/mol. The average molecular weight is 321 g/mol. The summed E-state index contributed by atoms with van der Waals surface area (Å²) in [6, 6.07) is 13.0. The molecule has 0 atom stereocenters. The molecule has 0 saturated heterocycles. The van der Waals surface area contributed by atoms with E-state index in [9.17, 15) is 4.79 Å². The molecule has 0 unspecified atom stereocenters. The van der Waals surface area contributed by atoms with Crippen LogP contribution in [0.25, 0.3) is 27.5 Å². The van der Waals surface area contributed by atoms with Gasteiger partial charge in [-0.3, -0.25) is 14.9 Å². The number of aromatic nitrogens is 3. The molecule has 0 bridgehead atoms. The highest BCUT2D eigenvalue weighted by atomic mass is 16.5. The van der Waals surface area contributed by atoms with E-state index >= 15 is 0 Å². The number of hydrogen-bond donors (Lipinski definition) is 1. The van der Waals surface area contributed by atoms with Crippen LogP contribution < -0.4 is 15.0 Å². The summed E-state index contributed by atoms with van der Waals surface area (Å²) in [5.74, 6) is 1.26. The third-order valence-electron chi connectivity index (χ3n) is 4.06. The van der Waals surface area contributed by atoms with Gasteiger partial charge in [0.25, 0.3) is 5.56 Å². The molecule has 24 heavy (non-hydrogen) atoms. The first-order chi connectivity index (χ1) is 11.7. The minimum absolute atomic E-state index is 0.157. The number of H-pyrrole nitrogens is 1. The van der Waals surface area contributed by atoms with Gasteiger partial charge in [-0.15, -0.1) is 0 Å². The zero-order chi connectivity index (χ0) is 16.7. The highest BCUT2D eigenvalue weighted by molar-refractivity contribution is 6.08. The van der Waals surface area contributed by atoms with E-state index in [0.29, 0.717) is 27.9 Å². The van der Waals surface area contributed by atoms with E-state index in [0.717, 1.165) is 11.1 Å². The van der Waals surface area contributed by atoms with Gasteiger partial charge < -0.3 is 9.47 Å². The lowest BCUT2D eigenvalue weighted by Crippen LogP contribution is -2.13. The van der Waals surface area contributed by atoms with Crippen LogP contribution in [0, 0.1) is 0 Å². The van der Waals surface area contributed by atoms with Crippen molar-refractivity contribution in [2.24, 2.45) is 0 Å². The Morgan fingerprint density at radius 3 is 2.42 bits per heavy atom. The Bertz CT molecular complexity index is 1100. The molecule has 0 fully saturated rings. The van der Waals surface area contributed by atoms with Gasteiger partial charge >= 0.3 is 0 Å². The molecule has 2 heterocycles. The Morgan fingerprint density at radius 2 is 1.71 bits per heavy atom. The second-order valence-electron chi connectivity index (χ2n) is 5.33. The maximum Gasteiger partial charge on any atom is 0.280 e. The predicted octanol–water partition coefficient (Wildman–Crippen LogP) is 2.88. The molecular formula is C18H15N3O3. The highest BCUT2D eigenvalue weighted by Gasteiger charge is 2.17. The molecule has 0 radical (unpaired) electrons. The number of ether oxygens (including phenoxy) is 2. The first-order valence-electron chi connectivity index (χ1n) is 7.44. The van der Waals surface area contributed by atoms with Crippen LogP contribution in [0.4, 0.5) is 0 Å². The Morgan fingerprint density at radius 1 is 1.00 bits per heavy atom. The molecule has 0 aliphatic carbocycles. The molecule has 6 nitrogen and oxygen atoms in total. The highest BCUT2D eigenvalue weighted by Crippen LogP contribution is 2.35. The van der Waals surface area contributed by atoms with Gasteiger partial charge in [-0.2, -0.15) is 0 Å². The summed E-state index contributed by atoms with van der Waals surface area (Å²) in [5.41, 5.74) is 1.92. The molecule has 120 valence electrons. The van der Waals surface area contributed by atoms with E-state index in [1.807, 2.05) is 30.3 Å². The Kier molecular flexibility index (Phi) is 3.23. The molecular weight excluding hydrogens is 306 g/mol. The molecule has 0 spiro atoms. The zero-order valence-corrected chi connectivity index (χ0v) is 13.2. The lowest BCUT2D eigenvalue weighted by molar-refractivity contribution is 0.410. The average Bonchev–Trinajstić information content (AvgIpc) is 2.98. The normalized spacial score (nSPS) is 11.1. The SMILES string of the molecule is COc1ccc(OC)c2c1ncc1c(=O)n(-c3ccccc3)[nH]c12. The van der Waals surface area contributed by atoms with E-state index in [4.69, 9.17) is 9.47 Å². The van der Waals surface area contributed by atoms with E-state index in [-0.39, 0.29) is 5.56 Å². The quantitative estimate of drug-likeness (QED) is 0.630. The fourth-order valence-corrected chi connectivity index (χ4v) is 2.91. The Balaban J connectivity index is 2.14. The maximum atomic E-state index is 12.7. The van der Waals surface area contributed by atoms with Crippen molar-refractivity contribution in [2.45, 2.75) is 0 Å². The molecule has 0 aliphatic heterocycles. The van der Waals surface area contributed by atoms with Crippen molar-refractivity contribution in [3.63, 3.8) is 0 Å². The summed E-state index contributed by atoms with van der Waals surface area (Å²) in [5, 5.41) is 4.40. The molecule has 2 aromatic carbocycles. The van der Waals surface area contributed by atoms with Crippen LogP contribution in [-0.2, 0) is 0 Å². The molecule has 0 saturated carbocycles. The van der Waals surface area contributed by atoms with Crippen LogP contribution in [-0.4, -0.2) is 29.0 Å². The number of para-hydroxylation sites is 1. The lowest BCUT2D eigenvalue weighted by atomic mass is 10.1. The number of fused-ring (bicyclic) bond motifs is 3. The second-order valence-corrected chi connectivity index (χ2v) is 5.33. The van der Waals surface area contributed by atoms with Crippen LogP contribution in [0.2, 0.25) is 0 Å². The number of nitrogens with one attached hydrogen (secondary N) is 1. The molecule has 4 rings (SSSR count). The number of benzene rings is 2. The number of hydrogen-bond acceptors (Lipinski definition) is 4. The van der Waals surface area contributed by atoms with Crippen LogP contribution >= 0.6 is 0 Å². The first kappa shape index (κ1) is 14.3. The molecule has 4 aromatic rings. The lowest BCUT2D eigenvalue weighted by Gasteiger charge is -2.09. The first-order valence-corrected chi connectivity index (χ1v) is 7.44. The monoisotopic (exact) mass is 321 g/mol. The summed E-state index contributed by atoms with van der Waals surface area (Å²) in [4.78, 5) is 17.2. The van der Waals surface area contributed by atoms with Gasteiger partial charge in [-0.05, 0) is 24.3 Å². The number of rotatable bonds is 3. The van der Waals surface area contributed by atoms with Gasteiger partial charge in [0.2, 0.25) is 0 Å². The minimum Gasteiger partial charge on any atom is -0.496 e. The third kappa shape index (κ3) is 1.96. The van der Waals surface area contributed by atoms with E-state index in [1.165, 1.54) is 4.68 Å². The summed E-state index contributed by atoms with van der Waals surface area (Å²) in [7, 11) is 3.18. The number of nitrogens with zero attached hydrogens (tertiary/aromatic N) is 2. The maximum absolute atomic E-state index is 12.7. The van der Waals surface area contributed by atoms with Crippen molar-refractivity contribution in [2.75, 3.05) is 14.2 Å². The van der Waals surface area contributed by atoms with Gasteiger partial charge in [0.1, 0.15) is 17.0 Å². The summed E-state index contributed by atoms with van der Waals surface area (Å²) in [6.45, 7) is 0. The Labute approximate surface area is 137 Å².